The van der Waals surface area contributed by atoms with Crippen molar-refractivity contribution in [3.63, 3.8) is 0 Å². The first-order valence-corrected chi connectivity index (χ1v) is 21.5. The molecular formula is C59H40N4. The van der Waals surface area contributed by atoms with Crippen molar-refractivity contribution in [1.82, 2.24) is 9.55 Å². The summed E-state index contributed by atoms with van der Waals surface area (Å²) >= 11 is 0. The van der Waals surface area contributed by atoms with Crippen LogP contribution >= 0.6 is 0 Å². The fraction of sp³-hybridized carbons (Fsp3) is 0. The molecule has 0 aliphatic carbocycles. The van der Waals surface area contributed by atoms with Crippen molar-refractivity contribution in [3.05, 3.63) is 243 Å². The van der Waals surface area contributed by atoms with E-state index in [2.05, 4.69) is 257 Å². The van der Waals surface area contributed by atoms with Crippen molar-refractivity contribution in [2.24, 2.45) is 0 Å². The Labute approximate surface area is 365 Å². The summed E-state index contributed by atoms with van der Waals surface area (Å²) in [6.45, 7) is 0. The van der Waals surface area contributed by atoms with E-state index in [0.29, 0.717) is 0 Å². The summed E-state index contributed by atoms with van der Waals surface area (Å²) in [4.78, 5) is 10.1. The number of rotatable bonds is 8. The fourth-order valence-corrected chi connectivity index (χ4v) is 9.40. The van der Waals surface area contributed by atoms with Crippen LogP contribution < -0.4 is 9.80 Å². The molecule has 0 atom stereocenters. The first kappa shape index (κ1) is 36.4. The van der Waals surface area contributed by atoms with Gasteiger partial charge in [0.1, 0.15) is 0 Å². The van der Waals surface area contributed by atoms with Gasteiger partial charge in [-0.1, -0.05) is 133 Å². The second kappa shape index (κ2) is 15.2. The maximum atomic E-state index is 5.48. The first-order valence-electron chi connectivity index (χ1n) is 21.5. The zero-order chi connectivity index (χ0) is 41.7. The van der Waals surface area contributed by atoms with Crippen molar-refractivity contribution in [1.29, 1.82) is 0 Å². The monoisotopic (exact) mass is 804 g/mol. The SMILES string of the molecule is c1ccc(N(c2ccccc2)c2ccc(N(c3cccc(-c4nc5ccccc5c5cc6c7ccccc7n(-c7ccccc7)c6cc45)c3)c3ccc4ccccc4c3)cc2)cc1. The van der Waals surface area contributed by atoms with Crippen LogP contribution in [0, 0.1) is 0 Å². The third-order valence-corrected chi connectivity index (χ3v) is 12.3. The molecule has 0 saturated carbocycles. The molecule has 10 aromatic carbocycles. The van der Waals surface area contributed by atoms with Gasteiger partial charge in [-0.2, -0.15) is 0 Å². The maximum absolute atomic E-state index is 5.48. The van der Waals surface area contributed by atoms with Gasteiger partial charge >= 0.3 is 0 Å². The normalized spacial score (nSPS) is 11.5. The second-order valence-electron chi connectivity index (χ2n) is 16.0. The first-order chi connectivity index (χ1) is 31.2. The lowest BCUT2D eigenvalue weighted by Gasteiger charge is -2.28. The zero-order valence-corrected chi connectivity index (χ0v) is 34.4. The molecule has 0 aliphatic heterocycles. The van der Waals surface area contributed by atoms with Gasteiger partial charge in [-0.3, -0.25) is 0 Å². The van der Waals surface area contributed by atoms with E-state index in [4.69, 9.17) is 4.98 Å². The Balaban J connectivity index is 1.05. The minimum atomic E-state index is 0.951. The fourth-order valence-electron chi connectivity index (χ4n) is 9.40. The molecular weight excluding hydrogens is 765 g/mol. The van der Waals surface area contributed by atoms with Crippen LogP contribution in [0.1, 0.15) is 0 Å². The summed E-state index contributed by atoms with van der Waals surface area (Å²) in [5, 5.41) is 8.29. The van der Waals surface area contributed by atoms with Crippen LogP contribution in [0.2, 0.25) is 0 Å². The Morgan fingerprint density at radius 3 is 1.57 bits per heavy atom. The minimum Gasteiger partial charge on any atom is -0.311 e. The average Bonchev–Trinajstić information content (AvgIpc) is 3.68. The van der Waals surface area contributed by atoms with E-state index in [0.717, 1.165) is 72.9 Å². The Kier molecular flexibility index (Phi) is 8.79. The van der Waals surface area contributed by atoms with Crippen molar-refractivity contribution in [2.45, 2.75) is 0 Å². The molecule has 0 aliphatic rings. The van der Waals surface area contributed by atoms with E-state index in [1.165, 1.54) is 32.4 Å². The predicted molar refractivity (Wildman–Crippen MR) is 266 cm³/mol. The van der Waals surface area contributed by atoms with E-state index < -0.39 is 0 Å². The van der Waals surface area contributed by atoms with Crippen LogP contribution in [0.4, 0.5) is 34.1 Å². The van der Waals surface area contributed by atoms with Gasteiger partial charge in [-0.15, -0.1) is 0 Å². The number of aromatic nitrogens is 2. The Morgan fingerprint density at radius 2 is 0.841 bits per heavy atom. The van der Waals surface area contributed by atoms with Gasteiger partial charge in [-0.25, -0.2) is 4.98 Å². The second-order valence-corrected chi connectivity index (χ2v) is 16.0. The number of para-hydroxylation sites is 5. The van der Waals surface area contributed by atoms with Crippen molar-refractivity contribution < 1.29 is 0 Å². The molecule has 0 N–H and O–H groups in total. The van der Waals surface area contributed by atoms with Gasteiger partial charge in [-0.05, 0) is 125 Å². The summed E-state index contributed by atoms with van der Waals surface area (Å²) in [5.74, 6) is 0. The molecule has 0 unspecified atom stereocenters. The quantitative estimate of drug-likeness (QED) is 0.143. The molecule has 0 spiro atoms. The number of nitrogens with zero attached hydrogens (tertiary/aromatic N) is 4. The Morgan fingerprint density at radius 1 is 0.302 bits per heavy atom. The molecule has 12 aromatic rings. The largest absolute Gasteiger partial charge is 0.311 e. The predicted octanol–water partition coefficient (Wildman–Crippen LogP) is 16.2. The van der Waals surface area contributed by atoms with Gasteiger partial charge in [0.15, 0.2) is 0 Å². The van der Waals surface area contributed by atoms with Crippen LogP contribution in [-0.2, 0) is 0 Å². The average molecular weight is 805 g/mol. The van der Waals surface area contributed by atoms with Gasteiger partial charge in [0, 0.05) is 66.9 Å². The van der Waals surface area contributed by atoms with E-state index in [1.54, 1.807) is 0 Å². The standard InChI is InChI=1S/C59H40N4/c1-4-20-44(21-5-1)61(45-22-6-2-7-23-45)47-33-35-48(36-34-47)62(50-32-31-41-17-10-11-18-42(41)37-50)49-26-16-19-43(38-49)59-55-40-58-54(39-53(55)51-27-12-14-29-56(51)60-59)52-28-13-15-30-57(52)63(58)46-24-8-3-9-25-46/h1-40H. The molecule has 2 heterocycles. The molecule has 4 heteroatoms. The number of hydrogen-bond acceptors (Lipinski definition) is 3. The number of fused-ring (bicyclic) bond motifs is 7. The molecule has 0 bridgehead atoms. The summed E-state index contributed by atoms with van der Waals surface area (Å²) in [7, 11) is 0. The molecule has 0 saturated heterocycles. The molecule has 2 aromatic heterocycles. The third-order valence-electron chi connectivity index (χ3n) is 12.3. The third kappa shape index (κ3) is 6.36. The van der Waals surface area contributed by atoms with Crippen molar-refractivity contribution >= 4 is 88.4 Å². The highest BCUT2D eigenvalue weighted by Crippen LogP contribution is 2.43. The molecule has 63 heavy (non-hydrogen) atoms. The number of hydrogen-bond donors (Lipinski definition) is 0. The topological polar surface area (TPSA) is 24.3 Å². The lowest BCUT2D eigenvalue weighted by Crippen LogP contribution is -2.12. The van der Waals surface area contributed by atoms with E-state index in [9.17, 15) is 0 Å². The van der Waals surface area contributed by atoms with Crippen molar-refractivity contribution in [3.8, 4) is 16.9 Å². The lowest BCUT2D eigenvalue weighted by molar-refractivity contribution is 1.18. The lowest BCUT2D eigenvalue weighted by atomic mass is 9.97. The summed E-state index contributed by atoms with van der Waals surface area (Å²) in [6.07, 6.45) is 0. The highest BCUT2D eigenvalue weighted by Gasteiger charge is 2.20. The molecule has 296 valence electrons. The molecule has 0 amide bonds. The van der Waals surface area contributed by atoms with E-state index in [-0.39, 0.29) is 0 Å². The zero-order valence-electron chi connectivity index (χ0n) is 34.4. The van der Waals surface area contributed by atoms with Gasteiger partial charge in [0.25, 0.3) is 0 Å². The van der Waals surface area contributed by atoms with Crippen LogP contribution in [0.15, 0.2) is 243 Å². The highest BCUT2D eigenvalue weighted by molar-refractivity contribution is 6.20. The summed E-state index contributed by atoms with van der Waals surface area (Å²) in [6, 6.07) is 86.9. The number of pyridine rings is 1. The Hall–Kier alpha value is -8.47. The van der Waals surface area contributed by atoms with Gasteiger partial charge < -0.3 is 14.4 Å². The highest BCUT2D eigenvalue weighted by atomic mass is 15.2. The molecule has 0 fully saturated rings. The van der Waals surface area contributed by atoms with Crippen molar-refractivity contribution in [2.75, 3.05) is 9.80 Å². The smallest absolute Gasteiger partial charge is 0.0789 e. The van der Waals surface area contributed by atoms with Gasteiger partial charge in [0.2, 0.25) is 0 Å². The molecule has 4 nitrogen and oxygen atoms in total. The van der Waals surface area contributed by atoms with Crippen LogP contribution in [0.25, 0.3) is 71.2 Å². The molecule has 0 radical (unpaired) electrons. The van der Waals surface area contributed by atoms with Crippen LogP contribution in [0.3, 0.4) is 0 Å². The van der Waals surface area contributed by atoms with E-state index >= 15 is 0 Å². The maximum Gasteiger partial charge on any atom is 0.0789 e. The Bertz CT molecular complexity index is 3580. The summed E-state index contributed by atoms with van der Waals surface area (Å²) in [5.41, 5.74) is 12.9. The minimum absolute atomic E-state index is 0.951. The number of benzene rings is 10. The number of anilines is 6. The van der Waals surface area contributed by atoms with Crippen LogP contribution in [0.5, 0.6) is 0 Å². The van der Waals surface area contributed by atoms with E-state index in [1.807, 2.05) is 0 Å². The van der Waals surface area contributed by atoms with Crippen LogP contribution in [-0.4, -0.2) is 9.55 Å². The summed E-state index contributed by atoms with van der Waals surface area (Å²) < 4.78 is 2.39. The van der Waals surface area contributed by atoms with Gasteiger partial charge in [0.05, 0.1) is 22.2 Å². The molecule has 12 rings (SSSR count).